The maximum atomic E-state index is 12.9. The Hall–Kier alpha value is -2.84. The number of amides is 1. The highest BCUT2D eigenvalue weighted by Crippen LogP contribution is 2.27. The highest BCUT2D eigenvalue weighted by Gasteiger charge is 2.20. The largest absolute Gasteiger partial charge is 0.378 e. The van der Waals surface area contributed by atoms with E-state index in [1.54, 1.807) is 48.3 Å². The minimum Gasteiger partial charge on any atom is -0.378 e. The first-order valence-electron chi connectivity index (χ1n) is 9.10. The lowest BCUT2D eigenvalue weighted by molar-refractivity contribution is 0.0957. The molecule has 2 aromatic carbocycles. The number of hydrogen-bond acceptors (Lipinski definition) is 5. The van der Waals surface area contributed by atoms with Crippen molar-refractivity contribution < 1.29 is 9.53 Å². The molecule has 0 fully saturated rings. The molecule has 10 heteroatoms. The Morgan fingerprint density at radius 2 is 1.87 bits per heavy atom. The van der Waals surface area contributed by atoms with Gasteiger partial charge in [-0.05, 0) is 42.5 Å². The van der Waals surface area contributed by atoms with Gasteiger partial charge in [-0.15, -0.1) is 0 Å². The average Bonchev–Trinajstić information content (AvgIpc) is 3.16. The lowest BCUT2D eigenvalue weighted by Crippen LogP contribution is -2.30. The molecular formula is C21H16Cl3N5O2. The smallest absolute Gasteiger partial charge is 0.273 e. The monoisotopic (exact) mass is 475 g/mol. The molecule has 0 radical (unpaired) electrons. The van der Waals surface area contributed by atoms with Crippen molar-refractivity contribution in [3.8, 4) is 5.69 Å². The van der Waals surface area contributed by atoms with E-state index in [-0.39, 0.29) is 6.61 Å². The van der Waals surface area contributed by atoms with Crippen LogP contribution in [0.5, 0.6) is 0 Å². The van der Waals surface area contributed by atoms with Crippen LogP contribution >= 0.6 is 34.8 Å². The summed E-state index contributed by atoms with van der Waals surface area (Å²) in [5, 5.41) is 6.72. The van der Waals surface area contributed by atoms with Gasteiger partial charge in [0.05, 0.1) is 46.0 Å². The third-order valence-electron chi connectivity index (χ3n) is 4.55. The summed E-state index contributed by atoms with van der Waals surface area (Å²) in [6.07, 6.45) is 3.15. The molecule has 1 amide bonds. The molecule has 2 heterocycles. The van der Waals surface area contributed by atoms with Gasteiger partial charge in [0.2, 0.25) is 0 Å². The number of hydrogen-bond donors (Lipinski definition) is 2. The van der Waals surface area contributed by atoms with Crippen molar-refractivity contribution >= 4 is 57.3 Å². The number of ether oxygens (including phenoxy) is 1. The number of nitrogens with zero attached hydrogens (tertiary/aromatic N) is 3. The van der Waals surface area contributed by atoms with Crippen molar-refractivity contribution in [3.05, 3.63) is 81.2 Å². The molecule has 0 bridgehead atoms. The van der Waals surface area contributed by atoms with E-state index in [1.165, 1.54) is 6.20 Å². The molecule has 158 valence electrons. The summed E-state index contributed by atoms with van der Waals surface area (Å²) >= 11 is 18.1. The van der Waals surface area contributed by atoms with Crippen molar-refractivity contribution in [1.82, 2.24) is 20.2 Å². The molecule has 31 heavy (non-hydrogen) atoms. The van der Waals surface area contributed by atoms with Crippen LogP contribution in [0.25, 0.3) is 16.6 Å². The number of aromatic nitrogens is 3. The summed E-state index contributed by atoms with van der Waals surface area (Å²) in [5.74, 6) is -0.397. The molecule has 2 N–H and O–H groups in total. The maximum Gasteiger partial charge on any atom is 0.273 e. The van der Waals surface area contributed by atoms with Crippen LogP contribution in [0, 0.1) is 0 Å². The number of fused-ring (bicyclic) bond motifs is 1. The van der Waals surface area contributed by atoms with Crippen LogP contribution < -0.4 is 10.9 Å². The van der Waals surface area contributed by atoms with E-state index in [0.717, 1.165) is 11.1 Å². The van der Waals surface area contributed by atoms with Gasteiger partial charge >= 0.3 is 0 Å². The molecule has 4 rings (SSSR count). The van der Waals surface area contributed by atoms with Crippen LogP contribution in [0.3, 0.4) is 0 Å². The van der Waals surface area contributed by atoms with Crippen molar-refractivity contribution in [2.24, 2.45) is 0 Å². The summed E-state index contributed by atoms with van der Waals surface area (Å²) in [5.41, 5.74) is 8.33. The molecule has 0 unspecified atom stereocenters. The van der Waals surface area contributed by atoms with Crippen LogP contribution in [-0.2, 0) is 11.3 Å². The normalized spacial score (nSPS) is 11.0. The van der Waals surface area contributed by atoms with E-state index < -0.39 is 5.91 Å². The van der Waals surface area contributed by atoms with Crippen molar-refractivity contribution in [1.29, 1.82) is 0 Å². The number of halogens is 3. The number of anilines is 1. The number of carbonyl (C=O) groups excluding carboxylic acids is 1. The number of methoxy groups -OCH3 is 1. The summed E-state index contributed by atoms with van der Waals surface area (Å²) in [6, 6.07) is 12.1. The van der Waals surface area contributed by atoms with E-state index in [4.69, 9.17) is 39.5 Å². The first-order chi connectivity index (χ1) is 15.0. The number of benzene rings is 2. The summed E-state index contributed by atoms with van der Waals surface area (Å²) in [6.45, 7) is 0.169. The molecular weight excluding hydrogens is 461 g/mol. The minimum atomic E-state index is -0.397. The van der Waals surface area contributed by atoms with Gasteiger partial charge in [-0.25, -0.2) is 4.68 Å². The van der Waals surface area contributed by atoms with Gasteiger partial charge in [0.15, 0.2) is 0 Å². The molecule has 0 saturated carbocycles. The van der Waals surface area contributed by atoms with E-state index >= 15 is 0 Å². The first-order valence-corrected chi connectivity index (χ1v) is 10.2. The second-order valence-corrected chi connectivity index (χ2v) is 7.82. The lowest BCUT2D eigenvalue weighted by atomic mass is 10.1. The Morgan fingerprint density at radius 3 is 2.65 bits per heavy atom. The zero-order valence-electron chi connectivity index (χ0n) is 16.2. The molecule has 0 aliphatic heterocycles. The highest BCUT2D eigenvalue weighted by molar-refractivity contribution is 6.36. The van der Waals surface area contributed by atoms with Crippen LogP contribution in [0.1, 0.15) is 16.1 Å². The van der Waals surface area contributed by atoms with Crippen molar-refractivity contribution in [3.63, 3.8) is 0 Å². The lowest BCUT2D eigenvalue weighted by Gasteiger charge is -2.13. The fourth-order valence-electron chi connectivity index (χ4n) is 3.12. The Bertz CT molecular complexity index is 1280. The van der Waals surface area contributed by atoms with E-state index in [1.807, 2.05) is 12.1 Å². The summed E-state index contributed by atoms with van der Waals surface area (Å²) in [7, 11) is 1.55. The Kier molecular flexibility index (Phi) is 6.29. The van der Waals surface area contributed by atoms with Crippen molar-refractivity contribution in [2.75, 3.05) is 12.5 Å². The molecule has 0 aliphatic rings. The van der Waals surface area contributed by atoms with Crippen LogP contribution in [0.15, 0.2) is 54.9 Å². The molecule has 7 nitrogen and oxygen atoms in total. The van der Waals surface area contributed by atoms with Crippen LogP contribution in [-0.4, -0.2) is 27.8 Å². The Labute approximate surface area is 192 Å². The predicted octanol–water partition coefficient (Wildman–Crippen LogP) is 5.28. The fraction of sp³-hybridized carbons (Fsp3) is 0.0952. The van der Waals surface area contributed by atoms with Gasteiger partial charge in [0, 0.05) is 28.7 Å². The second kappa shape index (κ2) is 9.11. The molecule has 4 aromatic rings. The van der Waals surface area contributed by atoms with E-state index in [0.29, 0.717) is 37.5 Å². The summed E-state index contributed by atoms with van der Waals surface area (Å²) in [4.78, 5) is 17.2. The third-order valence-corrected chi connectivity index (χ3v) is 5.33. The van der Waals surface area contributed by atoms with Gasteiger partial charge in [0.1, 0.15) is 0 Å². The SMILES string of the molecule is COCc1c(C(=O)NNc2ccc(Cl)cc2Cl)cnn1-c1ccnc2cc(Cl)ccc12. The average molecular weight is 477 g/mol. The number of rotatable bonds is 6. The van der Waals surface area contributed by atoms with Crippen LogP contribution in [0.4, 0.5) is 5.69 Å². The number of carbonyl (C=O) groups is 1. The Morgan fingerprint density at radius 1 is 1.10 bits per heavy atom. The number of pyridine rings is 1. The van der Waals surface area contributed by atoms with E-state index in [2.05, 4.69) is 20.9 Å². The number of hydrazine groups is 1. The van der Waals surface area contributed by atoms with E-state index in [9.17, 15) is 4.79 Å². The Balaban J connectivity index is 1.67. The molecule has 0 aliphatic carbocycles. The topological polar surface area (TPSA) is 81.1 Å². The summed E-state index contributed by atoms with van der Waals surface area (Å²) < 4.78 is 6.99. The third kappa shape index (κ3) is 4.45. The fourth-order valence-corrected chi connectivity index (χ4v) is 3.74. The van der Waals surface area contributed by atoms with Crippen molar-refractivity contribution in [2.45, 2.75) is 6.61 Å². The van der Waals surface area contributed by atoms with Gasteiger partial charge in [-0.1, -0.05) is 34.8 Å². The predicted molar refractivity (Wildman–Crippen MR) is 122 cm³/mol. The zero-order valence-corrected chi connectivity index (χ0v) is 18.5. The second-order valence-electron chi connectivity index (χ2n) is 6.54. The number of nitrogens with one attached hydrogen (secondary N) is 2. The van der Waals surface area contributed by atoms with Crippen LogP contribution in [0.2, 0.25) is 15.1 Å². The molecule has 0 atom stereocenters. The van der Waals surface area contributed by atoms with Gasteiger partial charge in [0.25, 0.3) is 5.91 Å². The van der Waals surface area contributed by atoms with Gasteiger partial charge in [-0.3, -0.25) is 20.6 Å². The standard InChI is InChI=1S/C21H16Cl3N5O2/c1-31-11-20-15(21(30)28-27-17-5-3-12(22)8-16(17)24)10-26-29(20)19-6-7-25-18-9-13(23)2-4-14(18)19/h2-10,27H,11H2,1H3,(H,28,30). The molecule has 0 saturated heterocycles. The van der Waals surface area contributed by atoms with Gasteiger partial charge < -0.3 is 4.74 Å². The molecule has 2 aromatic heterocycles. The quantitative estimate of drug-likeness (QED) is 0.370. The molecule has 0 spiro atoms. The zero-order chi connectivity index (χ0) is 22.0. The van der Waals surface area contributed by atoms with Gasteiger partial charge in [-0.2, -0.15) is 5.10 Å². The highest BCUT2D eigenvalue weighted by atomic mass is 35.5. The minimum absolute atomic E-state index is 0.169. The maximum absolute atomic E-state index is 12.9. The first kappa shape index (κ1) is 21.4.